The molecule has 0 bridgehead atoms. The maximum Gasteiger partial charge on any atom is 0.407 e. The molecule has 2 fully saturated rings. The summed E-state index contributed by atoms with van der Waals surface area (Å²) in [6, 6.07) is 1.83. The topological polar surface area (TPSA) is 81.5 Å². The van der Waals surface area contributed by atoms with Crippen LogP contribution in [0.25, 0.3) is 10.9 Å². The normalized spacial score (nSPS) is 25.0. The van der Waals surface area contributed by atoms with E-state index in [-0.39, 0.29) is 24.3 Å². The molecule has 30 heavy (non-hydrogen) atoms. The first-order valence-corrected chi connectivity index (χ1v) is 11.0. The van der Waals surface area contributed by atoms with Gasteiger partial charge in [-0.2, -0.15) is 5.10 Å². The van der Waals surface area contributed by atoms with Gasteiger partial charge in [-0.15, -0.1) is 0 Å². The lowest BCUT2D eigenvalue weighted by molar-refractivity contribution is -0.0365. The van der Waals surface area contributed by atoms with Crippen molar-refractivity contribution < 1.29 is 14.3 Å². The van der Waals surface area contributed by atoms with E-state index in [4.69, 9.17) is 26.2 Å². The molecule has 1 N–H and O–H groups in total. The Kier molecular flexibility index (Phi) is 5.81. The Balaban J connectivity index is 1.58. The number of fused-ring (bicyclic) bond motifs is 1. The first kappa shape index (κ1) is 21.2. The number of nitrogens with one attached hydrogen (secondary N) is 1. The molecule has 2 saturated heterocycles. The summed E-state index contributed by atoms with van der Waals surface area (Å²) in [5, 5.41) is 9.31. The van der Waals surface area contributed by atoms with Gasteiger partial charge in [-0.3, -0.25) is 0 Å². The molecule has 0 aromatic carbocycles. The number of hydrogen-bond donors (Lipinski definition) is 1. The predicted molar refractivity (Wildman–Crippen MR) is 116 cm³/mol. The van der Waals surface area contributed by atoms with E-state index in [1.54, 1.807) is 6.20 Å². The molecule has 2 aliphatic rings. The number of halogens is 1. The molecule has 8 nitrogen and oxygen atoms in total. The zero-order valence-electron chi connectivity index (χ0n) is 18.0. The van der Waals surface area contributed by atoms with Gasteiger partial charge in [0.05, 0.1) is 16.9 Å². The van der Waals surface area contributed by atoms with Gasteiger partial charge in [0.25, 0.3) is 0 Å². The summed E-state index contributed by atoms with van der Waals surface area (Å²) in [6.07, 6.45) is 4.41. The Bertz CT molecular complexity index is 919. The SMILES string of the molecule is C[C@H]1CN(c2nn(C3CCCCO3)c3cc(Cl)ncc23)C[C@H]1NC(=O)OC(C)(C)C. The molecule has 2 aromatic rings. The molecule has 4 heterocycles. The summed E-state index contributed by atoms with van der Waals surface area (Å²) in [4.78, 5) is 18.7. The number of carbonyl (C=O) groups excluding carboxylic acids is 1. The van der Waals surface area contributed by atoms with Crippen LogP contribution in [0.2, 0.25) is 5.15 Å². The van der Waals surface area contributed by atoms with Crippen molar-refractivity contribution in [3.8, 4) is 0 Å². The highest BCUT2D eigenvalue weighted by Gasteiger charge is 2.35. The number of pyridine rings is 1. The van der Waals surface area contributed by atoms with Crippen LogP contribution in [-0.2, 0) is 9.47 Å². The zero-order chi connectivity index (χ0) is 21.5. The van der Waals surface area contributed by atoms with Crippen molar-refractivity contribution >= 4 is 34.4 Å². The lowest BCUT2D eigenvalue weighted by Crippen LogP contribution is -2.42. The highest BCUT2D eigenvalue weighted by atomic mass is 35.5. The maximum atomic E-state index is 12.3. The van der Waals surface area contributed by atoms with Crippen molar-refractivity contribution in [1.82, 2.24) is 20.1 Å². The molecule has 1 amide bonds. The van der Waals surface area contributed by atoms with E-state index >= 15 is 0 Å². The smallest absolute Gasteiger partial charge is 0.407 e. The molecule has 2 aliphatic heterocycles. The lowest BCUT2D eigenvalue weighted by Gasteiger charge is -2.23. The molecule has 0 aliphatic carbocycles. The minimum Gasteiger partial charge on any atom is -0.444 e. The number of nitrogens with zero attached hydrogens (tertiary/aromatic N) is 4. The van der Waals surface area contributed by atoms with E-state index < -0.39 is 5.60 Å². The van der Waals surface area contributed by atoms with Crippen molar-refractivity contribution in [2.45, 2.75) is 64.8 Å². The average Bonchev–Trinajstić information content (AvgIpc) is 3.21. The van der Waals surface area contributed by atoms with Crippen molar-refractivity contribution in [2.24, 2.45) is 5.92 Å². The molecule has 9 heteroatoms. The first-order chi connectivity index (χ1) is 14.2. The van der Waals surface area contributed by atoms with Crippen molar-refractivity contribution in [3.05, 3.63) is 17.4 Å². The van der Waals surface area contributed by atoms with Gasteiger partial charge in [0.2, 0.25) is 0 Å². The van der Waals surface area contributed by atoms with Crippen LogP contribution in [0.5, 0.6) is 0 Å². The lowest BCUT2D eigenvalue weighted by atomic mass is 10.1. The van der Waals surface area contributed by atoms with Gasteiger partial charge >= 0.3 is 6.09 Å². The third-order valence-electron chi connectivity index (χ3n) is 5.58. The van der Waals surface area contributed by atoms with Gasteiger partial charge in [0.15, 0.2) is 12.0 Å². The van der Waals surface area contributed by atoms with E-state index in [0.717, 1.165) is 49.1 Å². The maximum absolute atomic E-state index is 12.3. The van der Waals surface area contributed by atoms with Gasteiger partial charge in [-0.05, 0) is 46.0 Å². The van der Waals surface area contributed by atoms with Crippen molar-refractivity contribution in [3.63, 3.8) is 0 Å². The van der Waals surface area contributed by atoms with Crippen LogP contribution in [0, 0.1) is 5.92 Å². The van der Waals surface area contributed by atoms with Gasteiger partial charge in [0, 0.05) is 32.0 Å². The summed E-state index contributed by atoms with van der Waals surface area (Å²) >= 11 is 6.19. The van der Waals surface area contributed by atoms with Crippen LogP contribution < -0.4 is 10.2 Å². The first-order valence-electron chi connectivity index (χ1n) is 10.6. The fourth-order valence-corrected chi connectivity index (χ4v) is 4.30. The van der Waals surface area contributed by atoms with E-state index in [1.807, 2.05) is 31.5 Å². The number of rotatable bonds is 3. The van der Waals surface area contributed by atoms with Crippen molar-refractivity contribution in [2.75, 3.05) is 24.6 Å². The molecular weight excluding hydrogens is 406 g/mol. The summed E-state index contributed by atoms with van der Waals surface area (Å²) in [5.74, 6) is 1.10. The molecule has 0 radical (unpaired) electrons. The number of aromatic nitrogens is 3. The second-order valence-corrected chi connectivity index (χ2v) is 9.64. The number of hydrogen-bond acceptors (Lipinski definition) is 6. The zero-order valence-corrected chi connectivity index (χ0v) is 18.8. The van der Waals surface area contributed by atoms with E-state index in [1.165, 1.54) is 0 Å². The number of carbonyl (C=O) groups is 1. The van der Waals surface area contributed by atoms with Crippen LogP contribution in [0.4, 0.5) is 10.6 Å². The molecule has 1 unspecified atom stereocenters. The number of alkyl carbamates (subject to hydrolysis) is 1. The minimum atomic E-state index is -0.522. The standard InChI is InChI=1S/C21H30ClN5O3/c1-13-11-26(12-15(13)24-20(28)30-21(2,3)4)19-14-10-23-17(22)9-16(14)27(25-19)18-7-5-6-8-29-18/h9-10,13,15,18H,5-8,11-12H2,1-4H3,(H,24,28)/t13-,15+,18?/m0/s1. The molecule has 4 rings (SSSR count). The average molecular weight is 436 g/mol. The van der Waals surface area contributed by atoms with Gasteiger partial charge in [-0.25, -0.2) is 14.5 Å². The second-order valence-electron chi connectivity index (χ2n) is 9.25. The molecule has 0 saturated carbocycles. The molecule has 164 valence electrons. The molecule has 2 aromatic heterocycles. The van der Waals surface area contributed by atoms with Crippen LogP contribution >= 0.6 is 11.6 Å². The number of anilines is 1. The Labute approximate surface area is 181 Å². The third-order valence-corrected chi connectivity index (χ3v) is 5.79. The van der Waals surface area contributed by atoms with E-state index in [2.05, 4.69) is 22.1 Å². The Morgan fingerprint density at radius 1 is 1.33 bits per heavy atom. The minimum absolute atomic E-state index is 0.0220. The van der Waals surface area contributed by atoms with Gasteiger partial charge in [0.1, 0.15) is 10.8 Å². The number of ether oxygens (including phenoxy) is 2. The van der Waals surface area contributed by atoms with Gasteiger partial charge < -0.3 is 19.7 Å². The summed E-state index contributed by atoms with van der Waals surface area (Å²) in [6.45, 7) is 9.88. The quantitative estimate of drug-likeness (QED) is 0.730. The van der Waals surface area contributed by atoms with Crippen LogP contribution in [0.15, 0.2) is 12.3 Å². The largest absolute Gasteiger partial charge is 0.444 e. The molecule has 0 spiro atoms. The van der Waals surface area contributed by atoms with Crippen LogP contribution in [0.3, 0.4) is 0 Å². The van der Waals surface area contributed by atoms with Gasteiger partial charge in [-0.1, -0.05) is 18.5 Å². The van der Waals surface area contributed by atoms with E-state index in [9.17, 15) is 4.79 Å². The Morgan fingerprint density at radius 3 is 2.83 bits per heavy atom. The Hall–Kier alpha value is -2.06. The monoisotopic (exact) mass is 435 g/mol. The third kappa shape index (κ3) is 4.49. The van der Waals surface area contributed by atoms with Crippen LogP contribution in [0.1, 0.15) is 53.2 Å². The fourth-order valence-electron chi connectivity index (χ4n) is 4.15. The van der Waals surface area contributed by atoms with E-state index in [0.29, 0.717) is 11.7 Å². The highest BCUT2D eigenvalue weighted by molar-refractivity contribution is 6.30. The number of amides is 1. The molecular formula is C21H30ClN5O3. The summed E-state index contributed by atoms with van der Waals surface area (Å²) in [7, 11) is 0. The fraction of sp³-hybridized carbons (Fsp3) is 0.667. The predicted octanol–water partition coefficient (Wildman–Crippen LogP) is 4.13. The molecule has 3 atom stereocenters. The summed E-state index contributed by atoms with van der Waals surface area (Å²) in [5.41, 5.74) is 0.402. The van der Waals surface area contributed by atoms with Crippen LogP contribution in [-0.4, -0.2) is 52.2 Å². The van der Waals surface area contributed by atoms with Crippen molar-refractivity contribution in [1.29, 1.82) is 0 Å². The summed E-state index contributed by atoms with van der Waals surface area (Å²) < 4.78 is 13.3. The highest BCUT2D eigenvalue weighted by Crippen LogP contribution is 2.34. The Morgan fingerprint density at radius 2 is 2.13 bits per heavy atom. The second kappa shape index (κ2) is 8.23.